The van der Waals surface area contributed by atoms with E-state index >= 15 is 0 Å². The van der Waals surface area contributed by atoms with Crippen molar-refractivity contribution < 1.29 is 9.59 Å². The number of anilines is 1. The molecule has 20 heavy (non-hydrogen) atoms. The van der Waals surface area contributed by atoms with Gasteiger partial charge in [-0.3, -0.25) is 4.79 Å². The summed E-state index contributed by atoms with van der Waals surface area (Å²) in [5, 5.41) is 3.01. The molecule has 5 N–H and O–H groups in total. The van der Waals surface area contributed by atoms with Crippen molar-refractivity contribution in [1.82, 2.24) is 15.2 Å². The van der Waals surface area contributed by atoms with Crippen molar-refractivity contribution in [2.45, 2.75) is 19.8 Å². The number of urea groups is 1. The maximum atomic E-state index is 12.4. The fourth-order valence-electron chi connectivity index (χ4n) is 2.42. The van der Waals surface area contributed by atoms with Gasteiger partial charge in [0.1, 0.15) is 4.88 Å². The molecule has 2 rings (SSSR count). The molecule has 1 aliphatic heterocycles. The molecule has 3 amide bonds. The fourth-order valence-corrected chi connectivity index (χ4v) is 3.22. The van der Waals surface area contributed by atoms with Gasteiger partial charge in [-0.05, 0) is 25.7 Å². The predicted octanol–water partition coefficient (Wildman–Crippen LogP) is 0.554. The van der Waals surface area contributed by atoms with E-state index < -0.39 is 6.03 Å². The van der Waals surface area contributed by atoms with Crippen LogP contribution in [0.1, 0.15) is 28.2 Å². The van der Waals surface area contributed by atoms with Crippen LogP contribution >= 0.6 is 11.3 Å². The number of primary amides is 1. The van der Waals surface area contributed by atoms with Crippen molar-refractivity contribution >= 4 is 28.4 Å². The summed E-state index contributed by atoms with van der Waals surface area (Å²) in [4.78, 5) is 29.7. The first kappa shape index (κ1) is 14.6. The van der Waals surface area contributed by atoms with Crippen LogP contribution < -0.4 is 16.8 Å². The highest BCUT2D eigenvalue weighted by Crippen LogP contribution is 2.24. The highest BCUT2D eigenvalue weighted by atomic mass is 32.1. The number of nitrogens with zero attached hydrogens (tertiary/aromatic N) is 2. The number of hydrogen-bond donors (Lipinski definition) is 3. The molecule has 1 aliphatic rings. The van der Waals surface area contributed by atoms with E-state index in [2.05, 4.69) is 10.3 Å². The fraction of sp³-hybridized carbons (Fsp3) is 0.583. The highest BCUT2D eigenvalue weighted by Gasteiger charge is 2.27. The molecule has 7 nitrogen and oxygen atoms in total. The first-order valence-electron chi connectivity index (χ1n) is 6.53. The van der Waals surface area contributed by atoms with Gasteiger partial charge in [-0.1, -0.05) is 11.3 Å². The zero-order valence-corrected chi connectivity index (χ0v) is 12.2. The quantitative estimate of drug-likeness (QED) is 0.756. The van der Waals surface area contributed by atoms with E-state index in [1.165, 1.54) is 11.3 Å². The molecule has 0 aromatic carbocycles. The number of carbonyl (C=O) groups is 2. The monoisotopic (exact) mass is 297 g/mol. The van der Waals surface area contributed by atoms with Crippen LogP contribution in [0.25, 0.3) is 0 Å². The molecule has 1 aromatic heterocycles. The minimum atomic E-state index is -0.528. The number of aromatic nitrogens is 1. The molecule has 1 aromatic rings. The lowest BCUT2D eigenvalue weighted by atomic mass is 9.98. The van der Waals surface area contributed by atoms with Gasteiger partial charge in [0, 0.05) is 19.6 Å². The van der Waals surface area contributed by atoms with E-state index in [0.29, 0.717) is 28.8 Å². The predicted molar refractivity (Wildman–Crippen MR) is 77.5 cm³/mol. The van der Waals surface area contributed by atoms with Crippen LogP contribution in [0.5, 0.6) is 0 Å². The van der Waals surface area contributed by atoms with Gasteiger partial charge in [0.15, 0.2) is 5.13 Å². The van der Waals surface area contributed by atoms with Gasteiger partial charge >= 0.3 is 6.03 Å². The first-order chi connectivity index (χ1) is 9.47. The Kier molecular flexibility index (Phi) is 4.43. The van der Waals surface area contributed by atoms with Gasteiger partial charge < -0.3 is 21.7 Å². The molecule has 0 radical (unpaired) electrons. The van der Waals surface area contributed by atoms with Crippen LogP contribution in [0.3, 0.4) is 0 Å². The molecule has 2 heterocycles. The normalized spacial score (nSPS) is 18.9. The standard InChI is InChI=1S/C12H19N5O2S/c1-7-9(20-12(14)16-7)10(18)17-4-2-3-8(6-17)5-15-11(13)19/h8H,2-6H2,1H3,(H2,14,16)(H3,13,15,19). The number of amides is 3. The molecule has 1 unspecified atom stereocenters. The number of aryl methyl sites for hydroxylation is 1. The number of nitrogens with two attached hydrogens (primary N) is 2. The van der Waals surface area contributed by atoms with Gasteiger partial charge in [0.2, 0.25) is 0 Å². The third kappa shape index (κ3) is 3.38. The van der Waals surface area contributed by atoms with E-state index in [9.17, 15) is 9.59 Å². The molecular weight excluding hydrogens is 278 g/mol. The highest BCUT2D eigenvalue weighted by molar-refractivity contribution is 7.17. The third-order valence-corrected chi connectivity index (χ3v) is 4.35. The summed E-state index contributed by atoms with van der Waals surface area (Å²) in [5.41, 5.74) is 11.4. The Bertz CT molecular complexity index is 516. The number of carbonyl (C=O) groups excluding carboxylic acids is 2. The first-order valence-corrected chi connectivity index (χ1v) is 7.34. The summed E-state index contributed by atoms with van der Waals surface area (Å²) in [6.45, 7) is 3.64. The van der Waals surface area contributed by atoms with Crippen molar-refractivity contribution in [1.29, 1.82) is 0 Å². The SMILES string of the molecule is Cc1nc(N)sc1C(=O)N1CCCC(CNC(N)=O)C1. The summed E-state index contributed by atoms with van der Waals surface area (Å²) < 4.78 is 0. The number of likely N-dealkylation sites (tertiary alicyclic amines) is 1. The second-order valence-corrected chi connectivity index (χ2v) is 6.00. The molecule has 0 aliphatic carbocycles. The van der Waals surface area contributed by atoms with Gasteiger partial charge in [-0.2, -0.15) is 0 Å². The minimum Gasteiger partial charge on any atom is -0.375 e. The number of rotatable bonds is 3. The zero-order chi connectivity index (χ0) is 14.7. The molecule has 1 saturated heterocycles. The van der Waals surface area contributed by atoms with Crippen molar-refractivity contribution in [3.8, 4) is 0 Å². The average Bonchev–Trinajstić information content (AvgIpc) is 2.75. The van der Waals surface area contributed by atoms with Crippen LogP contribution in [-0.4, -0.2) is 41.5 Å². The lowest BCUT2D eigenvalue weighted by Gasteiger charge is -2.32. The summed E-state index contributed by atoms with van der Waals surface area (Å²) in [6.07, 6.45) is 1.90. The van der Waals surface area contributed by atoms with Gasteiger partial charge in [-0.15, -0.1) is 0 Å². The number of hydrogen-bond acceptors (Lipinski definition) is 5. The van der Waals surface area contributed by atoms with E-state index in [-0.39, 0.29) is 11.8 Å². The Balaban J connectivity index is 1.99. The Morgan fingerprint density at radius 3 is 2.90 bits per heavy atom. The van der Waals surface area contributed by atoms with E-state index in [1.807, 2.05) is 0 Å². The minimum absolute atomic E-state index is 0.0273. The molecule has 8 heteroatoms. The topological polar surface area (TPSA) is 114 Å². The average molecular weight is 297 g/mol. The number of piperidine rings is 1. The van der Waals surface area contributed by atoms with Crippen molar-refractivity contribution in [3.05, 3.63) is 10.6 Å². The Morgan fingerprint density at radius 2 is 2.30 bits per heavy atom. The van der Waals surface area contributed by atoms with Crippen LogP contribution in [0.2, 0.25) is 0 Å². The molecule has 1 atom stereocenters. The number of thiazole rings is 1. The maximum absolute atomic E-state index is 12.4. The van der Waals surface area contributed by atoms with Crippen molar-refractivity contribution in [3.63, 3.8) is 0 Å². The van der Waals surface area contributed by atoms with Gasteiger partial charge in [0.25, 0.3) is 5.91 Å². The molecular formula is C12H19N5O2S. The zero-order valence-electron chi connectivity index (χ0n) is 11.4. The summed E-state index contributed by atoms with van der Waals surface area (Å²) in [6, 6.07) is -0.528. The Hall–Kier alpha value is -1.83. The molecule has 0 bridgehead atoms. The maximum Gasteiger partial charge on any atom is 0.312 e. The second kappa shape index (κ2) is 6.08. The Labute approximate surface area is 121 Å². The van der Waals surface area contributed by atoms with Gasteiger partial charge in [-0.25, -0.2) is 9.78 Å². The third-order valence-electron chi connectivity index (χ3n) is 3.38. The van der Waals surface area contributed by atoms with E-state index in [1.54, 1.807) is 11.8 Å². The summed E-state index contributed by atoms with van der Waals surface area (Å²) in [5.74, 6) is 0.214. The molecule has 1 fully saturated rings. The lowest BCUT2D eigenvalue weighted by molar-refractivity contribution is 0.0679. The smallest absolute Gasteiger partial charge is 0.312 e. The van der Waals surface area contributed by atoms with Crippen LogP contribution in [-0.2, 0) is 0 Å². The van der Waals surface area contributed by atoms with Crippen LogP contribution in [0.4, 0.5) is 9.93 Å². The lowest BCUT2D eigenvalue weighted by Crippen LogP contribution is -2.44. The number of nitrogen functional groups attached to an aromatic ring is 1. The largest absolute Gasteiger partial charge is 0.375 e. The van der Waals surface area contributed by atoms with Crippen LogP contribution in [0, 0.1) is 12.8 Å². The van der Waals surface area contributed by atoms with E-state index in [4.69, 9.17) is 11.5 Å². The number of nitrogens with one attached hydrogen (secondary N) is 1. The molecule has 110 valence electrons. The Morgan fingerprint density at radius 1 is 1.55 bits per heavy atom. The second-order valence-electron chi connectivity index (χ2n) is 4.97. The van der Waals surface area contributed by atoms with Crippen LogP contribution in [0.15, 0.2) is 0 Å². The van der Waals surface area contributed by atoms with E-state index in [0.717, 1.165) is 19.4 Å². The summed E-state index contributed by atoms with van der Waals surface area (Å²) in [7, 11) is 0. The van der Waals surface area contributed by atoms with Gasteiger partial charge in [0.05, 0.1) is 5.69 Å². The van der Waals surface area contributed by atoms with Crippen molar-refractivity contribution in [2.75, 3.05) is 25.4 Å². The summed E-state index contributed by atoms with van der Waals surface area (Å²) >= 11 is 1.22. The molecule has 0 saturated carbocycles. The van der Waals surface area contributed by atoms with Crippen molar-refractivity contribution in [2.24, 2.45) is 11.7 Å². The molecule has 0 spiro atoms.